The number of hydrogen-bond acceptors (Lipinski definition) is 3. The van der Waals surface area contributed by atoms with Crippen molar-refractivity contribution in [1.29, 1.82) is 0 Å². The van der Waals surface area contributed by atoms with Crippen molar-refractivity contribution < 1.29 is 19.5 Å². The fraction of sp³-hybridized carbons (Fsp3) is 0.526. The molecule has 0 saturated carbocycles. The van der Waals surface area contributed by atoms with E-state index in [9.17, 15) is 19.5 Å². The van der Waals surface area contributed by atoms with Crippen LogP contribution in [-0.2, 0) is 9.59 Å². The van der Waals surface area contributed by atoms with Gasteiger partial charge in [-0.05, 0) is 37.3 Å². The molecule has 2 atom stereocenters. The summed E-state index contributed by atoms with van der Waals surface area (Å²) in [7, 11) is 0. The number of benzene rings is 1. The third kappa shape index (κ3) is 4.59. The molecule has 1 aliphatic heterocycles. The number of carboxylic acids is 1. The summed E-state index contributed by atoms with van der Waals surface area (Å²) < 4.78 is 0. The van der Waals surface area contributed by atoms with Gasteiger partial charge < -0.3 is 15.3 Å². The van der Waals surface area contributed by atoms with Gasteiger partial charge in [0.05, 0.1) is 5.92 Å². The molecule has 2 rings (SSSR count). The first-order valence-corrected chi connectivity index (χ1v) is 8.69. The number of aryl methyl sites for hydroxylation is 1. The molecule has 2 amide bonds. The van der Waals surface area contributed by atoms with Gasteiger partial charge in [-0.3, -0.25) is 14.4 Å². The molecule has 1 aromatic carbocycles. The van der Waals surface area contributed by atoms with Gasteiger partial charge >= 0.3 is 5.97 Å². The summed E-state index contributed by atoms with van der Waals surface area (Å²) in [5.41, 5.74) is 1.39. The maximum absolute atomic E-state index is 12.9. The van der Waals surface area contributed by atoms with Crippen LogP contribution in [0.5, 0.6) is 0 Å². The number of amides is 2. The van der Waals surface area contributed by atoms with Gasteiger partial charge in [-0.2, -0.15) is 0 Å². The topological polar surface area (TPSA) is 86.7 Å². The number of hydrogen-bond donors (Lipinski definition) is 2. The number of aliphatic carboxylic acids is 1. The molecule has 1 fully saturated rings. The van der Waals surface area contributed by atoms with Crippen LogP contribution >= 0.6 is 0 Å². The molecule has 6 nitrogen and oxygen atoms in total. The van der Waals surface area contributed by atoms with E-state index in [1.807, 2.05) is 32.9 Å². The van der Waals surface area contributed by atoms with Crippen LogP contribution in [0.1, 0.15) is 42.6 Å². The maximum atomic E-state index is 12.9. The van der Waals surface area contributed by atoms with E-state index in [0.717, 1.165) is 5.56 Å². The maximum Gasteiger partial charge on any atom is 0.308 e. The highest BCUT2D eigenvalue weighted by Crippen LogP contribution is 2.19. The van der Waals surface area contributed by atoms with Crippen LogP contribution in [0.4, 0.5) is 0 Å². The molecule has 0 spiro atoms. The second kappa shape index (κ2) is 8.14. The number of rotatable bonds is 5. The normalized spacial score (nSPS) is 18.7. The molecule has 1 aliphatic rings. The molecule has 1 aromatic rings. The Balaban J connectivity index is 2.12. The first-order valence-electron chi connectivity index (χ1n) is 8.69. The molecule has 25 heavy (non-hydrogen) atoms. The van der Waals surface area contributed by atoms with Gasteiger partial charge in [0, 0.05) is 18.7 Å². The second-order valence-corrected chi connectivity index (χ2v) is 6.97. The van der Waals surface area contributed by atoms with E-state index in [0.29, 0.717) is 24.9 Å². The van der Waals surface area contributed by atoms with Gasteiger partial charge in [0.15, 0.2) is 0 Å². The van der Waals surface area contributed by atoms with E-state index in [1.54, 1.807) is 17.0 Å². The lowest BCUT2D eigenvalue weighted by atomic mass is 9.95. The summed E-state index contributed by atoms with van der Waals surface area (Å²) in [5, 5.41) is 12.0. The van der Waals surface area contributed by atoms with Gasteiger partial charge in [-0.15, -0.1) is 0 Å². The standard InChI is InChI=1S/C19H26N2O4/c1-12(2)16(20-17(22)15-9-5-4-7-13(15)3)18(23)21-10-6-8-14(11-21)19(24)25/h4-5,7,9,12,14,16H,6,8,10-11H2,1-3H3,(H,20,22)(H,24,25)/t14-,16?/m0/s1. The minimum absolute atomic E-state index is 0.0920. The average molecular weight is 346 g/mol. The minimum Gasteiger partial charge on any atom is -0.481 e. The Hall–Kier alpha value is -2.37. The Bertz CT molecular complexity index is 657. The van der Waals surface area contributed by atoms with Crippen LogP contribution in [0.15, 0.2) is 24.3 Å². The number of nitrogens with zero attached hydrogens (tertiary/aromatic N) is 1. The van der Waals surface area contributed by atoms with Crippen molar-refractivity contribution in [3.63, 3.8) is 0 Å². The summed E-state index contributed by atoms with van der Waals surface area (Å²) in [6, 6.07) is 6.56. The quantitative estimate of drug-likeness (QED) is 0.854. The van der Waals surface area contributed by atoms with Crippen molar-refractivity contribution in [3.8, 4) is 0 Å². The van der Waals surface area contributed by atoms with Gasteiger partial charge in [0.2, 0.25) is 5.91 Å². The average Bonchev–Trinajstić information content (AvgIpc) is 2.59. The zero-order valence-electron chi connectivity index (χ0n) is 15.0. The summed E-state index contributed by atoms with van der Waals surface area (Å²) in [6.45, 7) is 6.34. The molecule has 0 aliphatic carbocycles. The summed E-state index contributed by atoms with van der Waals surface area (Å²) in [4.78, 5) is 38.2. The van der Waals surface area contributed by atoms with E-state index in [-0.39, 0.29) is 24.3 Å². The van der Waals surface area contributed by atoms with Crippen molar-refractivity contribution >= 4 is 17.8 Å². The van der Waals surface area contributed by atoms with E-state index >= 15 is 0 Å². The molecule has 0 bridgehead atoms. The van der Waals surface area contributed by atoms with Crippen molar-refractivity contribution in [1.82, 2.24) is 10.2 Å². The van der Waals surface area contributed by atoms with Gasteiger partial charge in [-0.25, -0.2) is 0 Å². The second-order valence-electron chi connectivity index (χ2n) is 6.97. The van der Waals surface area contributed by atoms with Gasteiger partial charge in [-0.1, -0.05) is 32.0 Å². The lowest BCUT2D eigenvalue weighted by molar-refractivity contribution is -0.146. The lowest BCUT2D eigenvalue weighted by Gasteiger charge is -2.34. The minimum atomic E-state index is -0.873. The van der Waals surface area contributed by atoms with E-state index in [4.69, 9.17) is 0 Å². The molecule has 0 radical (unpaired) electrons. The molecule has 6 heteroatoms. The molecule has 136 valence electrons. The van der Waals surface area contributed by atoms with Gasteiger partial charge in [0.25, 0.3) is 5.91 Å². The molecule has 1 heterocycles. The largest absolute Gasteiger partial charge is 0.481 e. The Labute approximate surface area is 148 Å². The number of carbonyl (C=O) groups excluding carboxylic acids is 2. The number of piperidine rings is 1. The number of likely N-dealkylation sites (tertiary alicyclic amines) is 1. The smallest absolute Gasteiger partial charge is 0.308 e. The first-order chi connectivity index (χ1) is 11.8. The van der Waals surface area contributed by atoms with Crippen LogP contribution in [0.2, 0.25) is 0 Å². The van der Waals surface area contributed by atoms with Crippen LogP contribution in [-0.4, -0.2) is 46.9 Å². The van der Waals surface area contributed by atoms with Crippen LogP contribution in [0.25, 0.3) is 0 Å². The first kappa shape index (κ1) is 19.0. The van der Waals surface area contributed by atoms with Crippen LogP contribution in [0, 0.1) is 18.8 Å². The molecule has 0 aromatic heterocycles. The van der Waals surface area contributed by atoms with E-state index in [1.165, 1.54) is 0 Å². The number of carbonyl (C=O) groups is 3. The van der Waals surface area contributed by atoms with Crippen LogP contribution < -0.4 is 5.32 Å². The van der Waals surface area contributed by atoms with Gasteiger partial charge in [0.1, 0.15) is 6.04 Å². The van der Waals surface area contributed by atoms with Crippen molar-refractivity contribution in [2.24, 2.45) is 11.8 Å². The fourth-order valence-corrected chi connectivity index (χ4v) is 3.14. The Morgan fingerprint density at radius 2 is 1.92 bits per heavy atom. The zero-order chi connectivity index (χ0) is 18.6. The predicted molar refractivity (Wildman–Crippen MR) is 94.2 cm³/mol. The van der Waals surface area contributed by atoms with E-state index in [2.05, 4.69) is 5.32 Å². The molecular weight excluding hydrogens is 320 g/mol. The molecular formula is C19H26N2O4. The third-order valence-electron chi connectivity index (χ3n) is 4.69. The Kier molecular flexibility index (Phi) is 6.17. The Morgan fingerprint density at radius 3 is 2.52 bits per heavy atom. The lowest BCUT2D eigenvalue weighted by Crippen LogP contribution is -2.54. The molecule has 1 unspecified atom stereocenters. The summed E-state index contributed by atoms with van der Waals surface area (Å²) in [5.74, 6) is -1.98. The zero-order valence-corrected chi connectivity index (χ0v) is 15.0. The highest BCUT2D eigenvalue weighted by molar-refractivity contribution is 5.98. The SMILES string of the molecule is Cc1ccccc1C(=O)NC(C(=O)N1CCC[C@H](C(=O)O)C1)C(C)C. The Morgan fingerprint density at radius 1 is 1.24 bits per heavy atom. The van der Waals surface area contributed by atoms with Crippen LogP contribution in [0.3, 0.4) is 0 Å². The van der Waals surface area contributed by atoms with E-state index < -0.39 is 17.9 Å². The number of nitrogens with one attached hydrogen (secondary N) is 1. The van der Waals surface area contributed by atoms with Crippen molar-refractivity contribution in [2.75, 3.05) is 13.1 Å². The summed E-state index contributed by atoms with van der Waals surface area (Å²) >= 11 is 0. The third-order valence-corrected chi connectivity index (χ3v) is 4.69. The number of carboxylic acid groups (broad SMARTS) is 1. The predicted octanol–water partition coefficient (Wildman–Crippen LogP) is 2.07. The molecule has 2 N–H and O–H groups in total. The van der Waals surface area contributed by atoms with Crippen molar-refractivity contribution in [2.45, 2.75) is 39.7 Å². The highest BCUT2D eigenvalue weighted by Gasteiger charge is 2.34. The molecule has 1 saturated heterocycles. The fourth-order valence-electron chi connectivity index (χ4n) is 3.14. The highest BCUT2D eigenvalue weighted by atomic mass is 16.4. The summed E-state index contributed by atoms with van der Waals surface area (Å²) in [6.07, 6.45) is 1.25. The van der Waals surface area contributed by atoms with Crippen molar-refractivity contribution in [3.05, 3.63) is 35.4 Å². The monoisotopic (exact) mass is 346 g/mol.